The fourth-order valence-electron chi connectivity index (χ4n) is 1.52. The first-order valence-electron chi connectivity index (χ1n) is 5.72. The molecule has 104 valence electrons. The van der Waals surface area contributed by atoms with Crippen LogP contribution in [0.25, 0.3) is 0 Å². The zero-order chi connectivity index (χ0) is 14.6. The standard InChI is InChI=1S/C12H15FN2O4/c1-7(2)10(6-16)14-12(17)9-5-8(13)3-4-11(9)15(18)19/h3-5,7,10,16H,6H2,1-2H3,(H,14,17)/t10-/m1/s1. The number of aliphatic hydroxyl groups excluding tert-OH is 1. The summed E-state index contributed by atoms with van der Waals surface area (Å²) in [6.45, 7) is 3.26. The van der Waals surface area contributed by atoms with Crippen LogP contribution in [-0.4, -0.2) is 28.6 Å². The largest absolute Gasteiger partial charge is 0.394 e. The van der Waals surface area contributed by atoms with E-state index in [2.05, 4.69) is 5.32 Å². The van der Waals surface area contributed by atoms with Crippen molar-refractivity contribution in [2.75, 3.05) is 6.61 Å². The number of nitro groups is 1. The lowest BCUT2D eigenvalue weighted by Crippen LogP contribution is -2.41. The Kier molecular flexibility index (Phi) is 4.94. The Balaban J connectivity index is 3.05. The summed E-state index contributed by atoms with van der Waals surface area (Å²) < 4.78 is 13.1. The zero-order valence-corrected chi connectivity index (χ0v) is 10.6. The lowest BCUT2D eigenvalue weighted by molar-refractivity contribution is -0.385. The van der Waals surface area contributed by atoms with Gasteiger partial charge in [-0.3, -0.25) is 14.9 Å². The topological polar surface area (TPSA) is 92.5 Å². The van der Waals surface area contributed by atoms with Crippen LogP contribution in [0.3, 0.4) is 0 Å². The van der Waals surface area contributed by atoms with Crippen molar-refractivity contribution in [2.45, 2.75) is 19.9 Å². The molecule has 0 spiro atoms. The highest BCUT2D eigenvalue weighted by Gasteiger charge is 2.23. The van der Waals surface area contributed by atoms with Crippen LogP contribution in [-0.2, 0) is 0 Å². The average molecular weight is 270 g/mol. The second-order valence-corrected chi connectivity index (χ2v) is 4.43. The number of aliphatic hydroxyl groups is 1. The Morgan fingerprint density at radius 3 is 2.63 bits per heavy atom. The number of nitrogens with one attached hydrogen (secondary N) is 1. The molecule has 0 fully saturated rings. The molecule has 6 nitrogen and oxygen atoms in total. The molecule has 1 aromatic carbocycles. The molecule has 0 saturated carbocycles. The van der Waals surface area contributed by atoms with Crippen LogP contribution >= 0.6 is 0 Å². The van der Waals surface area contributed by atoms with Crippen LogP contribution in [0.4, 0.5) is 10.1 Å². The number of amides is 1. The molecule has 1 atom stereocenters. The smallest absolute Gasteiger partial charge is 0.282 e. The van der Waals surface area contributed by atoms with Crippen LogP contribution < -0.4 is 5.32 Å². The van der Waals surface area contributed by atoms with Gasteiger partial charge in [0, 0.05) is 6.07 Å². The summed E-state index contributed by atoms with van der Waals surface area (Å²) in [5.41, 5.74) is -0.830. The molecule has 1 aromatic rings. The van der Waals surface area contributed by atoms with Gasteiger partial charge in [-0.1, -0.05) is 13.8 Å². The van der Waals surface area contributed by atoms with E-state index in [1.807, 2.05) is 0 Å². The quantitative estimate of drug-likeness (QED) is 0.626. The number of hydrogen-bond donors (Lipinski definition) is 2. The zero-order valence-electron chi connectivity index (χ0n) is 10.6. The summed E-state index contributed by atoms with van der Waals surface area (Å²) in [7, 11) is 0. The van der Waals surface area contributed by atoms with Crippen LogP contribution in [0.5, 0.6) is 0 Å². The van der Waals surface area contributed by atoms with Gasteiger partial charge in [0.2, 0.25) is 0 Å². The lowest BCUT2D eigenvalue weighted by atomic mass is 10.0. The first-order valence-corrected chi connectivity index (χ1v) is 5.72. The minimum atomic E-state index is -0.779. The molecule has 0 radical (unpaired) electrons. The molecule has 0 unspecified atom stereocenters. The molecule has 0 aliphatic rings. The van der Waals surface area contributed by atoms with Crippen molar-refractivity contribution in [3.63, 3.8) is 0 Å². The maximum atomic E-state index is 13.1. The lowest BCUT2D eigenvalue weighted by Gasteiger charge is -2.19. The predicted octanol–water partition coefficient (Wildman–Crippen LogP) is 1.48. The summed E-state index contributed by atoms with van der Waals surface area (Å²) in [4.78, 5) is 21.9. The number of nitro benzene ring substituents is 1. The third-order valence-electron chi connectivity index (χ3n) is 2.72. The van der Waals surface area contributed by atoms with Gasteiger partial charge < -0.3 is 10.4 Å². The Labute approximate surface area is 109 Å². The van der Waals surface area contributed by atoms with Crippen LogP contribution in [0, 0.1) is 21.8 Å². The number of carbonyl (C=O) groups is 1. The van der Waals surface area contributed by atoms with E-state index in [9.17, 15) is 19.3 Å². The van der Waals surface area contributed by atoms with Gasteiger partial charge in [0.15, 0.2) is 0 Å². The van der Waals surface area contributed by atoms with Gasteiger partial charge in [0.1, 0.15) is 11.4 Å². The van der Waals surface area contributed by atoms with E-state index >= 15 is 0 Å². The van der Waals surface area contributed by atoms with Crippen molar-refractivity contribution in [1.29, 1.82) is 0 Å². The molecule has 2 N–H and O–H groups in total. The molecule has 0 aromatic heterocycles. The van der Waals surface area contributed by atoms with Crippen molar-refractivity contribution in [2.24, 2.45) is 5.92 Å². The summed E-state index contributed by atoms with van der Waals surface area (Å²) in [6.07, 6.45) is 0. The Hall–Kier alpha value is -2.02. The van der Waals surface area contributed by atoms with Gasteiger partial charge in [0.25, 0.3) is 11.6 Å². The highest BCUT2D eigenvalue weighted by atomic mass is 19.1. The maximum Gasteiger partial charge on any atom is 0.282 e. The predicted molar refractivity (Wildman–Crippen MR) is 66.2 cm³/mol. The Morgan fingerprint density at radius 1 is 1.53 bits per heavy atom. The molecule has 0 bridgehead atoms. The number of carbonyl (C=O) groups excluding carboxylic acids is 1. The van der Waals surface area contributed by atoms with Gasteiger partial charge in [0.05, 0.1) is 17.6 Å². The van der Waals surface area contributed by atoms with Crippen molar-refractivity contribution >= 4 is 11.6 Å². The Morgan fingerprint density at radius 2 is 2.16 bits per heavy atom. The van der Waals surface area contributed by atoms with Crippen LogP contribution in [0.2, 0.25) is 0 Å². The van der Waals surface area contributed by atoms with E-state index in [1.165, 1.54) is 0 Å². The average Bonchev–Trinajstić information content (AvgIpc) is 2.34. The molecule has 0 aliphatic heterocycles. The number of benzene rings is 1. The molecule has 0 aliphatic carbocycles. The monoisotopic (exact) mass is 270 g/mol. The number of nitrogens with zero attached hydrogens (tertiary/aromatic N) is 1. The van der Waals surface area contributed by atoms with Gasteiger partial charge in [-0.05, 0) is 18.1 Å². The van der Waals surface area contributed by atoms with Crippen LogP contribution in [0.1, 0.15) is 24.2 Å². The van der Waals surface area contributed by atoms with Gasteiger partial charge in [-0.15, -0.1) is 0 Å². The normalized spacial score (nSPS) is 12.3. The first-order chi connectivity index (χ1) is 8.86. The number of rotatable bonds is 5. The number of halogens is 1. The number of hydrogen-bond acceptors (Lipinski definition) is 4. The molecule has 19 heavy (non-hydrogen) atoms. The van der Waals surface area contributed by atoms with E-state index in [-0.39, 0.29) is 18.1 Å². The van der Waals surface area contributed by atoms with Gasteiger partial charge in [-0.25, -0.2) is 4.39 Å². The van der Waals surface area contributed by atoms with Crippen LogP contribution in [0.15, 0.2) is 18.2 Å². The minimum absolute atomic E-state index is 0.0541. The minimum Gasteiger partial charge on any atom is -0.394 e. The second-order valence-electron chi connectivity index (χ2n) is 4.43. The summed E-state index contributed by atoms with van der Waals surface area (Å²) in [5, 5.41) is 22.3. The molecular weight excluding hydrogens is 255 g/mol. The second kappa shape index (κ2) is 6.24. The van der Waals surface area contributed by atoms with Gasteiger partial charge >= 0.3 is 0 Å². The Bertz CT molecular complexity index is 491. The SMILES string of the molecule is CC(C)[C@@H](CO)NC(=O)c1cc(F)ccc1[N+](=O)[O-]. The van der Waals surface area contributed by atoms with E-state index in [0.29, 0.717) is 0 Å². The van der Waals surface area contributed by atoms with E-state index in [4.69, 9.17) is 5.11 Å². The summed E-state index contributed by atoms with van der Waals surface area (Å²) in [5.74, 6) is -1.57. The summed E-state index contributed by atoms with van der Waals surface area (Å²) >= 11 is 0. The van der Waals surface area contributed by atoms with Crippen molar-refractivity contribution < 1.29 is 19.2 Å². The van der Waals surface area contributed by atoms with Crippen molar-refractivity contribution in [1.82, 2.24) is 5.32 Å². The fraction of sp³-hybridized carbons (Fsp3) is 0.417. The fourth-order valence-corrected chi connectivity index (χ4v) is 1.52. The highest BCUT2D eigenvalue weighted by Crippen LogP contribution is 2.19. The maximum absolute atomic E-state index is 13.1. The highest BCUT2D eigenvalue weighted by molar-refractivity contribution is 5.98. The molecule has 1 rings (SSSR count). The molecule has 7 heteroatoms. The van der Waals surface area contributed by atoms with Gasteiger partial charge in [-0.2, -0.15) is 0 Å². The first kappa shape index (κ1) is 15.0. The van der Waals surface area contributed by atoms with Crippen molar-refractivity contribution in [3.8, 4) is 0 Å². The third kappa shape index (κ3) is 3.72. The molecule has 1 amide bonds. The third-order valence-corrected chi connectivity index (χ3v) is 2.72. The molecular formula is C12H15FN2O4. The molecule has 0 saturated heterocycles. The van der Waals surface area contributed by atoms with E-state index < -0.39 is 28.4 Å². The van der Waals surface area contributed by atoms with E-state index in [0.717, 1.165) is 18.2 Å². The van der Waals surface area contributed by atoms with Crippen molar-refractivity contribution in [3.05, 3.63) is 39.7 Å². The molecule has 0 heterocycles. The summed E-state index contributed by atoms with van der Waals surface area (Å²) in [6, 6.07) is 2.12. The van der Waals surface area contributed by atoms with E-state index in [1.54, 1.807) is 13.8 Å².